The fourth-order valence-corrected chi connectivity index (χ4v) is 4.49. The number of thiophene rings is 1. The molecule has 0 spiro atoms. The van der Waals surface area contributed by atoms with Gasteiger partial charge in [0.2, 0.25) is 5.91 Å². The summed E-state index contributed by atoms with van der Waals surface area (Å²) in [5.74, 6) is -1.75. The first kappa shape index (κ1) is 22.4. The SMILES string of the molecule is O=C(CN1CCN(CN2C(=O)C(=O)N(Cc3cccs3)C2=O)CC1)Nc1ccccc1Cl. The van der Waals surface area contributed by atoms with Gasteiger partial charge in [0.05, 0.1) is 30.5 Å². The minimum absolute atomic E-state index is 0.0595. The minimum atomic E-state index is -0.798. The molecule has 4 rings (SSSR count). The number of carbonyl (C=O) groups is 4. The van der Waals surface area contributed by atoms with Crippen molar-refractivity contribution in [1.82, 2.24) is 19.6 Å². The minimum Gasteiger partial charge on any atom is -0.324 e. The van der Waals surface area contributed by atoms with Crippen molar-refractivity contribution in [2.45, 2.75) is 6.54 Å². The number of hydrogen-bond donors (Lipinski definition) is 1. The van der Waals surface area contributed by atoms with Crippen molar-refractivity contribution < 1.29 is 19.2 Å². The zero-order valence-corrected chi connectivity index (χ0v) is 18.8. The fourth-order valence-electron chi connectivity index (χ4n) is 3.62. The maximum absolute atomic E-state index is 12.7. The van der Waals surface area contributed by atoms with Gasteiger partial charge in [-0.25, -0.2) is 9.69 Å². The second-order valence-corrected chi connectivity index (χ2v) is 8.99. The van der Waals surface area contributed by atoms with E-state index < -0.39 is 17.8 Å². The van der Waals surface area contributed by atoms with E-state index >= 15 is 0 Å². The number of rotatable bonds is 7. The number of halogens is 1. The Kier molecular flexibility index (Phi) is 6.85. The van der Waals surface area contributed by atoms with Crippen LogP contribution in [0.5, 0.6) is 0 Å². The van der Waals surface area contributed by atoms with Crippen molar-refractivity contribution in [3.05, 3.63) is 51.7 Å². The van der Waals surface area contributed by atoms with Gasteiger partial charge in [-0.1, -0.05) is 29.8 Å². The van der Waals surface area contributed by atoms with Gasteiger partial charge in [0.25, 0.3) is 0 Å². The number of nitrogens with zero attached hydrogens (tertiary/aromatic N) is 4. The van der Waals surface area contributed by atoms with Crippen LogP contribution in [0.4, 0.5) is 10.5 Å². The lowest BCUT2D eigenvalue weighted by Gasteiger charge is -2.35. The van der Waals surface area contributed by atoms with Gasteiger partial charge in [0.15, 0.2) is 0 Å². The Morgan fingerprint density at radius 2 is 1.62 bits per heavy atom. The Hall–Kier alpha value is -2.79. The van der Waals surface area contributed by atoms with E-state index in [1.54, 1.807) is 24.3 Å². The summed E-state index contributed by atoms with van der Waals surface area (Å²) in [6.07, 6.45) is 0. The Morgan fingerprint density at radius 3 is 2.31 bits per heavy atom. The molecule has 1 aromatic heterocycles. The number of benzene rings is 1. The van der Waals surface area contributed by atoms with Crippen LogP contribution in [0.2, 0.25) is 5.02 Å². The monoisotopic (exact) mass is 475 g/mol. The Labute approximate surface area is 194 Å². The second-order valence-electron chi connectivity index (χ2n) is 7.55. The van der Waals surface area contributed by atoms with Crippen molar-refractivity contribution in [2.75, 3.05) is 44.7 Å². The summed E-state index contributed by atoms with van der Waals surface area (Å²) in [5.41, 5.74) is 0.570. The Balaban J connectivity index is 1.26. The van der Waals surface area contributed by atoms with Gasteiger partial charge < -0.3 is 5.32 Å². The van der Waals surface area contributed by atoms with Crippen molar-refractivity contribution >= 4 is 52.4 Å². The van der Waals surface area contributed by atoms with Gasteiger partial charge in [-0.2, -0.15) is 0 Å². The van der Waals surface area contributed by atoms with Gasteiger partial charge in [0, 0.05) is 31.1 Å². The normalized spacial score (nSPS) is 18.0. The molecule has 1 N–H and O–H groups in total. The van der Waals surface area contributed by atoms with Crippen LogP contribution in [0.25, 0.3) is 0 Å². The highest BCUT2D eigenvalue weighted by molar-refractivity contribution is 7.09. The van der Waals surface area contributed by atoms with Crippen LogP contribution in [0.15, 0.2) is 41.8 Å². The molecule has 0 radical (unpaired) electrons. The molecule has 32 heavy (non-hydrogen) atoms. The number of hydrogen-bond acceptors (Lipinski definition) is 7. The van der Waals surface area contributed by atoms with Crippen molar-refractivity contribution in [3.63, 3.8) is 0 Å². The Morgan fingerprint density at radius 1 is 0.938 bits per heavy atom. The van der Waals surface area contributed by atoms with Crippen LogP contribution in [0.3, 0.4) is 0 Å². The summed E-state index contributed by atoms with van der Waals surface area (Å²) in [6, 6.07) is 10.1. The van der Waals surface area contributed by atoms with Crippen LogP contribution in [-0.4, -0.2) is 82.7 Å². The fraction of sp³-hybridized carbons (Fsp3) is 0.333. The molecular formula is C21H22ClN5O4S. The maximum Gasteiger partial charge on any atom is 0.335 e. The molecule has 0 atom stereocenters. The standard InChI is InChI=1S/C21H22ClN5O4S/c22-16-5-1-2-6-17(16)23-18(28)13-24-7-9-25(10-8-24)14-27-20(30)19(29)26(21(27)31)12-15-4-3-11-32-15/h1-6,11H,7-10,12-14H2,(H,23,28). The maximum atomic E-state index is 12.7. The van der Waals surface area contributed by atoms with Crippen molar-refractivity contribution in [3.8, 4) is 0 Å². The molecule has 0 unspecified atom stereocenters. The number of carbonyl (C=O) groups excluding carboxylic acids is 4. The lowest BCUT2D eigenvalue weighted by Crippen LogP contribution is -2.52. The van der Waals surface area contributed by atoms with Gasteiger partial charge in [-0.15, -0.1) is 11.3 Å². The molecule has 2 aromatic rings. The lowest BCUT2D eigenvalue weighted by atomic mass is 10.3. The molecule has 5 amide bonds. The van der Waals surface area contributed by atoms with Crippen molar-refractivity contribution in [1.29, 1.82) is 0 Å². The summed E-state index contributed by atoms with van der Waals surface area (Å²) in [5, 5.41) is 5.14. The quantitative estimate of drug-likeness (QED) is 0.485. The van der Waals surface area contributed by atoms with Crippen molar-refractivity contribution in [2.24, 2.45) is 0 Å². The van der Waals surface area contributed by atoms with Crippen LogP contribution < -0.4 is 5.32 Å². The molecule has 0 saturated carbocycles. The first-order chi connectivity index (χ1) is 15.4. The largest absolute Gasteiger partial charge is 0.335 e. The molecule has 2 aliphatic heterocycles. The average Bonchev–Trinajstić information content (AvgIpc) is 3.36. The summed E-state index contributed by atoms with van der Waals surface area (Å²) in [4.78, 5) is 56.3. The summed E-state index contributed by atoms with van der Waals surface area (Å²) >= 11 is 7.50. The predicted molar refractivity (Wildman–Crippen MR) is 120 cm³/mol. The predicted octanol–water partition coefficient (Wildman–Crippen LogP) is 1.91. The van der Waals surface area contributed by atoms with Gasteiger partial charge in [0.1, 0.15) is 0 Å². The van der Waals surface area contributed by atoms with Crippen LogP contribution in [0, 0.1) is 0 Å². The smallest absolute Gasteiger partial charge is 0.324 e. The number of amides is 5. The highest BCUT2D eigenvalue weighted by Crippen LogP contribution is 2.21. The van der Waals surface area contributed by atoms with E-state index in [9.17, 15) is 19.2 Å². The highest BCUT2D eigenvalue weighted by atomic mass is 35.5. The average molecular weight is 476 g/mol. The van der Waals surface area contributed by atoms with Crippen LogP contribution in [0.1, 0.15) is 4.88 Å². The van der Waals surface area contributed by atoms with E-state index in [1.807, 2.05) is 27.3 Å². The molecule has 2 fully saturated rings. The third-order valence-corrected chi connectivity index (χ3v) is 6.54. The van der Waals surface area contributed by atoms with E-state index in [2.05, 4.69) is 5.32 Å². The van der Waals surface area contributed by atoms with Gasteiger partial charge in [-0.3, -0.25) is 29.1 Å². The zero-order valence-electron chi connectivity index (χ0n) is 17.2. The van der Waals surface area contributed by atoms with E-state index in [4.69, 9.17) is 11.6 Å². The number of imide groups is 2. The highest BCUT2D eigenvalue weighted by Gasteiger charge is 2.45. The number of para-hydroxylation sites is 1. The Bertz CT molecular complexity index is 1020. The molecule has 2 aliphatic rings. The van der Waals surface area contributed by atoms with E-state index in [0.29, 0.717) is 36.9 Å². The number of urea groups is 1. The molecule has 9 nitrogen and oxygen atoms in total. The van der Waals surface area contributed by atoms with Crippen LogP contribution >= 0.6 is 22.9 Å². The zero-order chi connectivity index (χ0) is 22.7. The van der Waals surface area contributed by atoms with E-state index in [0.717, 1.165) is 14.7 Å². The number of piperazine rings is 1. The van der Waals surface area contributed by atoms with E-state index in [1.165, 1.54) is 11.3 Å². The molecule has 1 aromatic carbocycles. The number of nitrogens with one attached hydrogen (secondary N) is 1. The first-order valence-electron chi connectivity index (χ1n) is 10.1. The van der Waals surface area contributed by atoms with Gasteiger partial charge >= 0.3 is 17.8 Å². The summed E-state index contributed by atoms with van der Waals surface area (Å²) < 4.78 is 0. The summed E-state index contributed by atoms with van der Waals surface area (Å²) in [6.45, 7) is 2.70. The molecule has 11 heteroatoms. The van der Waals surface area contributed by atoms with E-state index in [-0.39, 0.29) is 25.7 Å². The van der Waals surface area contributed by atoms with Gasteiger partial charge in [-0.05, 0) is 23.6 Å². The number of anilines is 1. The molecule has 168 valence electrons. The molecule has 0 aliphatic carbocycles. The summed E-state index contributed by atoms with van der Waals surface area (Å²) in [7, 11) is 0. The third-order valence-electron chi connectivity index (χ3n) is 5.35. The topological polar surface area (TPSA) is 93.3 Å². The third kappa shape index (κ3) is 4.99. The molecule has 2 saturated heterocycles. The molecule has 0 bridgehead atoms. The molecule has 3 heterocycles. The molecular weight excluding hydrogens is 454 g/mol. The first-order valence-corrected chi connectivity index (χ1v) is 11.4. The van der Waals surface area contributed by atoms with Crippen LogP contribution in [-0.2, 0) is 20.9 Å². The second kappa shape index (κ2) is 9.78. The lowest BCUT2D eigenvalue weighted by molar-refractivity contribution is -0.144.